The number of nitrogens with two attached hydrogens (primary N) is 1. The summed E-state index contributed by atoms with van der Waals surface area (Å²) in [6.07, 6.45) is 2.64. The van der Waals surface area contributed by atoms with Crippen LogP contribution in [0.2, 0.25) is 0 Å². The lowest BCUT2D eigenvalue weighted by atomic mass is 10.2. The van der Waals surface area contributed by atoms with Crippen molar-refractivity contribution < 1.29 is 9.46 Å². The first-order valence-corrected chi connectivity index (χ1v) is 6.55. The lowest BCUT2D eigenvalue weighted by Gasteiger charge is -2.14. The van der Waals surface area contributed by atoms with Gasteiger partial charge in [0.05, 0.1) is 0 Å². The highest BCUT2D eigenvalue weighted by Gasteiger charge is 2.19. The van der Waals surface area contributed by atoms with E-state index in [1.54, 1.807) is 0 Å². The van der Waals surface area contributed by atoms with Gasteiger partial charge < -0.3 is 10.6 Å². The molecule has 2 atom stereocenters. The topological polar surface area (TPSA) is 63.3 Å². The maximum Gasteiger partial charge on any atom is 0.200 e. The van der Waals surface area contributed by atoms with Crippen LogP contribution in [0.3, 0.4) is 0 Å². The van der Waals surface area contributed by atoms with E-state index in [1.165, 1.54) is 0 Å². The summed E-state index contributed by atoms with van der Waals surface area (Å²) in [6.45, 7) is 4.43. The zero-order chi connectivity index (χ0) is 9.61. The average molecular weight is 193 g/mol. The van der Waals surface area contributed by atoms with Crippen molar-refractivity contribution in [3.63, 3.8) is 0 Å². The molecule has 0 amide bonds. The third kappa shape index (κ3) is 5.76. The second-order valence-electron chi connectivity index (χ2n) is 3.45. The van der Waals surface area contributed by atoms with Crippen molar-refractivity contribution in [2.75, 3.05) is 18.9 Å². The summed E-state index contributed by atoms with van der Waals surface area (Å²) in [4.78, 5) is 9.45. The Kier molecular flexibility index (Phi) is 5.81. The predicted molar refractivity (Wildman–Crippen MR) is 52.7 cm³/mol. The summed E-state index contributed by atoms with van der Waals surface area (Å²) in [5, 5.41) is 0. The molecule has 0 aliphatic carbocycles. The first kappa shape index (κ1) is 12.2. The van der Waals surface area contributed by atoms with Gasteiger partial charge >= 0.3 is 0 Å². The predicted octanol–water partition coefficient (Wildman–Crippen LogP) is 1.65. The molecular weight excluding hydrogens is 173 g/mol. The fraction of sp³-hybridized carbons (Fsp3) is 1.00. The molecule has 2 unspecified atom stereocenters. The van der Waals surface area contributed by atoms with E-state index in [0.29, 0.717) is 18.9 Å². The standard InChI is InChI=1S/C8H20NO2P/c1-3-4-5-12(10,11)7-8(2)6-9/h8H,3-7,9H2,1-2H3,(H,10,11). The average Bonchev–Trinajstić information content (AvgIpc) is 2.00. The highest BCUT2D eigenvalue weighted by atomic mass is 31.2. The van der Waals surface area contributed by atoms with Crippen molar-refractivity contribution in [3.05, 3.63) is 0 Å². The second kappa shape index (κ2) is 5.74. The van der Waals surface area contributed by atoms with Crippen LogP contribution in [0, 0.1) is 5.92 Å². The van der Waals surface area contributed by atoms with Crippen LogP contribution in [0.15, 0.2) is 0 Å². The summed E-state index contributed by atoms with van der Waals surface area (Å²) in [6, 6.07) is 0. The fourth-order valence-corrected chi connectivity index (χ4v) is 3.17. The molecule has 4 heteroatoms. The Morgan fingerprint density at radius 1 is 1.58 bits per heavy atom. The maximum absolute atomic E-state index is 11.4. The molecule has 0 saturated heterocycles. The van der Waals surface area contributed by atoms with Crippen LogP contribution in [0.5, 0.6) is 0 Å². The van der Waals surface area contributed by atoms with Crippen molar-refractivity contribution in [1.82, 2.24) is 0 Å². The normalized spacial score (nSPS) is 18.7. The van der Waals surface area contributed by atoms with Gasteiger partial charge in [-0.15, -0.1) is 0 Å². The van der Waals surface area contributed by atoms with Crippen LogP contribution in [0.1, 0.15) is 26.7 Å². The first-order chi connectivity index (χ1) is 5.52. The smallest absolute Gasteiger partial charge is 0.200 e. The quantitative estimate of drug-likeness (QED) is 0.630. The van der Waals surface area contributed by atoms with Gasteiger partial charge in [-0.1, -0.05) is 20.3 Å². The van der Waals surface area contributed by atoms with Gasteiger partial charge in [-0.25, -0.2) is 0 Å². The van der Waals surface area contributed by atoms with Crippen LogP contribution in [-0.4, -0.2) is 23.8 Å². The third-order valence-electron chi connectivity index (χ3n) is 1.86. The highest BCUT2D eigenvalue weighted by Crippen LogP contribution is 2.42. The van der Waals surface area contributed by atoms with Crippen molar-refractivity contribution in [1.29, 1.82) is 0 Å². The van der Waals surface area contributed by atoms with E-state index in [1.807, 2.05) is 13.8 Å². The Labute approximate surface area is 74.8 Å². The van der Waals surface area contributed by atoms with E-state index in [2.05, 4.69) is 0 Å². The minimum absolute atomic E-state index is 0.165. The molecule has 0 bridgehead atoms. The Morgan fingerprint density at radius 2 is 2.17 bits per heavy atom. The van der Waals surface area contributed by atoms with Crippen LogP contribution in [-0.2, 0) is 4.57 Å². The van der Waals surface area contributed by atoms with E-state index in [-0.39, 0.29) is 5.92 Å². The molecule has 12 heavy (non-hydrogen) atoms. The largest absolute Gasteiger partial charge is 0.344 e. The molecule has 0 radical (unpaired) electrons. The van der Waals surface area contributed by atoms with Crippen LogP contribution in [0.4, 0.5) is 0 Å². The second-order valence-corrected chi connectivity index (χ2v) is 5.95. The minimum Gasteiger partial charge on any atom is -0.344 e. The molecule has 0 aliphatic heterocycles. The summed E-state index contributed by atoms with van der Waals surface area (Å²) < 4.78 is 11.4. The zero-order valence-electron chi connectivity index (χ0n) is 7.99. The molecule has 0 aromatic rings. The van der Waals surface area contributed by atoms with Crippen molar-refractivity contribution in [2.24, 2.45) is 11.7 Å². The highest BCUT2D eigenvalue weighted by molar-refractivity contribution is 7.57. The van der Waals surface area contributed by atoms with E-state index >= 15 is 0 Å². The molecule has 3 N–H and O–H groups in total. The number of hydrogen-bond acceptors (Lipinski definition) is 2. The molecule has 0 aromatic carbocycles. The van der Waals surface area contributed by atoms with Crippen molar-refractivity contribution >= 4 is 7.37 Å². The molecule has 0 heterocycles. The van der Waals surface area contributed by atoms with Crippen LogP contribution < -0.4 is 5.73 Å². The van der Waals surface area contributed by atoms with E-state index in [0.717, 1.165) is 12.8 Å². The molecule has 0 spiro atoms. The third-order valence-corrected chi connectivity index (χ3v) is 4.07. The van der Waals surface area contributed by atoms with Gasteiger partial charge in [-0.05, 0) is 18.9 Å². The van der Waals surface area contributed by atoms with Crippen LogP contribution >= 0.6 is 7.37 Å². The Balaban J connectivity index is 3.78. The van der Waals surface area contributed by atoms with Gasteiger partial charge in [-0.3, -0.25) is 4.57 Å². The van der Waals surface area contributed by atoms with Crippen molar-refractivity contribution in [2.45, 2.75) is 26.7 Å². The van der Waals surface area contributed by atoms with Gasteiger partial charge in [0.1, 0.15) is 0 Å². The van der Waals surface area contributed by atoms with Gasteiger partial charge in [0, 0.05) is 12.3 Å². The molecule has 0 fully saturated rings. The Bertz CT molecular complexity index is 161. The van der Waals surface area contributed by atoms with E-state index < -0.39 is 7.37 Å². The fourth-order valence-electron chi connectivity index (χ4n) is 1.06. The first-order valence-electron chi connectivity index (χ1n) is 4.52. The lowest BCUT2D eigenvalue weighted by molar-refractivity contribution is 0.463. The van der Waals surface area contributed by atoms with Gasteiger partial charge in [0.15, 0.2) is 0 Å². The van der Waals surface area contributed by atoms with Crippen molar-refractivity contribution in [3.8, 4) is 0 Å². The maximum atomic E-state index is 11.4. The zero-order valence-corrected chi connectivity index (χ0v) is 8.89. The molecule has 0 aromatic heterocycles. The number of hydrogen-bond donors (Lipinski definition) is 2. The van der Waals surface area contributed by atoms with Crippen LogP contribution in [0.25, 0.3) is 0 Å². The Morgan fingerprint density at radius 3 is 2.58 bits per heavy atom. The monoisotopic (exact) mass is 193 g/mol. The number of unbranched alkanes of at least 4 members (excludes halogenated alkanes) is 1. The molecule has 3 nitrogen and oxygen atoms in total. The molecule has 0 saturated carbocycles. The summed E-state index contributed by atoms with van der Waals surface area (Å²) >= 11 is 0. The van der Waals surface area contributed by atoms with Gasteiger partial charge in [0.25, 0.3) is 0 Å². The summed E-state index contributed by atoms with van der Waals surface area (Å²) in [7, 11) is -2.86. The molecule has 0 aliphatic rings. The van der Waals surface area contributed by atoms with E-state index in [4.69, 9.17) is 5.73 Å². The SMILES string of the molecule is CCCCP(=O)(O)CC(C)CN. The van der Waals surface area contributed by atoms with Gasteiger partial charge in [-0.2, -0.15) is 0 Å². The molecule has 74 valence electrons. The van der Waals surface area contributed by atoms with E-state index in [9.17, 15) is 9.46 Å². The summed E-state index contributed by atoms with van der Waals surface area (Å²) in [5.74, 6) is 0.165. The lowest BCUT2D eigenvalue weighted by Crippen LogP contribution is -2.15. The molecule has 0 rings (SSSR count). The minimum atomic E-state index is -2.86. The summed E-state index contributed by atoms with van der Waals surface area (Å²) in [5.41, 5.74) is 5.38. The van der Waals surface area contributed by atoms with Gasteiger partial charge in [0.2, 0.25) is 7.37 Å². The molecular formula is C8H20NO2P. The number of rotatable bonds is 6. The Hall–Kier alpha value is 0.150.